The van der Waals surface area contributed by atoms with Gasteiger partial charge in [0.05, 0.1) is 10.1 Å². The molecule has 1 aromatic heterocycles. The molecule has 20 heavy (non-hydrogen) atoms. The fraction of sp³-hybridized carbons (Fsp3) is 0.462. The maximum Gasteiger partial charge on any atom is 1.00 e. The maximum absolute atomic E-state index is 10.6. The number of fused-ring (bicyclic) bond motifs is 1. The zero-order valence-electron chi connectivity index (χ0n) is 12.1. The van der Waals surface area contributed by atoms with Gasteiger partial charge in [0.15, 0.2) is 0 Å². The molecule has 0 fully saturated rings. The quantitative estimate of drug-likeness (QED) is 0.507. The molecule has 0 saturated heterocycles. The average molecular weight is 304 g/mol. The Morgan fingerprint density at radius 1 is 1.45 bits per heavy atom. The average Bonchev–Trinajstić information content (AvgIpc) is 2.50. The second-order valence-electron chi connectivity index (χ2n) is 5.21. The third-order valence-electron chi connectivity index (χ3n) is 3.54. The Morgan fingerprint density at radius 3 is 2.70 bits per heavy atom. The molecule has 0 aromatic carbocycles. The van der Waals surface area contributed by atoms with Crippen molar-refractivity contribution in [2.24, 2.45) is 0 Å². The van der Waals surface area contributed by atoms with Crippen molar-refractivity contribution in [3.05, 3.63) is 36.2 Å². The number of hydrogen-bond donors (Lipinski definition) is 0. The monoisotopic (exact) mass is 304 g/mol. The molecule has 5 nitrogen and oxygen atoms in total. The first-order valence-electron chi connectivity index (χ1n) is 6.09. The molecule has 7 heteroatoms. The van der Waals surface area contributed by atoms with Crippen molar-refractivity contribution >= 4 is 15.9 Å². The van der Waals surface area contributed by atoms with E-state index in [1.54, 1.807) is 6.20 Å². The van der Waals surface area contributed by atoms with E-state index in [9.17, 15) is 13.0 Å². The van der Waals surface area contributed by atoms with Crippen LogP contribution in [0, 0.1) is 0 Å². The van der Waals surface area contributed by atoms with Crippen molar-refractivity contribution in [1.82, 2.24) is 4.98 Å². The summed E-state index contributed by atoms with van der Waals surface area (Å²) in [6, 6.07) is 3.87. The van der Waals surface area contributed by atoms with E-state index >= 15 is 0 Å². The summed E-state index contributed by atoms with van der Waals surface area (Å²) < 4.78 is 31.9. The first-order valence-corrected chi connectivity index (χ1v) is 7.67. The van der Waals surface area contributed by atoms with Gasteiger partial charge < -0.3 is 9.45 Å². The van der Waals surface area contributed by atoms with Crippen molar-refractivity contribution in [1.29, 1.82) is 0 Å². The van der Waals surface area contributed by atoms with Crippen LogP contribution in [0.25, 0.3) is 0 Å². The summed E-state index contributed by atoms with van der Waals surface area (Å²) in [4.78, 5) is 6.24. The van der Waals surface area contributed by atoms with Gasteiger partial charge in [-0.3, -0.25) is 0 Å². The van der Waals surface area contributed by atoms with Crippen LogP contribution in [0.5, 0.6) is 0 Å². The Kier molecular flexibility index (Phi) is 5.43. The standard InChI is InChI=1S/C13H18N2O3S.Na/c1-10-13(2,3)11-6-4-7-14-12(11)15(10)8-5-9-19(16,17)18;/h4,6-7H,1,5,8-9H2,2-3H3,(H,16,17,18);/q;+1/p-1. The van der Waals surface area contributed by atoms with Crippen LogP contribution in [-0.4, -0.2) is 30.3 Å². The Bertz CT molecular complexity index is 614. The fourth-order valence-electron chi connectivity index (χ4n) is 2.36. The summed E-state index contributed by atoms with van der Waals surface area (Å²) in [5.41, 5.74) is 1.73. The molecule has 0 saturated carbocycles. The molecular weight excluding hydrogens is 287 g/mol. The SMILES string of the molecule is C=C1N(CCCS(=O)(=O)[O-])c2ncccc2C1(C)C.[Na+]. The Hall–Kier alpha value is -0.400. The predicted octanol–water partition coefficient (Wildman–Crippen LogP) is -1.37. The first-order chi connectivity index (χ1) is 8.73. The zero-order valence-corrected chi connectivity index (χ0v) is 14.9. The van der Waals surface area contributed by atoms with Crippen LogP contribution >= 0.6 is 0 Å². The minimum atomic E-state index is -4.17. The second kappa shape index (κ2) is 6.15. The predicted molar refractivity (Wildman–Crippen MR) is 72.9 cm³/mol. The van der Waals surface area contributed by atoms with Crippen LogP contribution < -0.4 is 34.5 Å². The van der Waals surface area contributed by atoms with Gasteiger partial charge in [-0.05, 0) is 12.5 Å². The number of pyridine rings is 1. The summed E-state index contributed by atoms with van der Waals surface area (Å²) in [7, 11) is -4.17. The largest absolute Gasteiger partial charge is 1.00 e. The van der Waals surface area contributed by atoms with Gasteiger partial charge in [0.25, 0.3) is 0 Å². The minimum absolute atomic E-state index is 0. The van der Waals surface area contributed by atoms with E-state index in [4.69, 9.17) is 0 Å². The molecule has 2 heterocycles. The molecule has 1 aromatic rings. The maximum atomic E-state index is 10.6. The molecular formula is C13H17N2NaO3S. The van der Waals surface area contributed by atoms with Gasteiger partial charge in [-0.15, -0.1) is 0 Å². The van der Waals surface area contributed by atoms with Gasteiger partial charge in [0, 0.05) is 35.2 Å². The molecule has 0 amide bonds. The summed E-state index contributed by atoms with van der Waals surface area (Å²) in [5, 5.41) is 0. The molecule has 1 aliphatic heterocycles. The van der Waals surface area contributed by atoms with Gasteiger partial charge in [0.1, 0.15) is 5.82 Å². The Balaban J connectivity index is 0.00000200. The van der Waals surface area contributed by atoms with E-state index < -0.39 is 10.1 Å². The van der Waals surface area contributed by atoms with Gasteiger partial charge in [-0.2, -0.15) is 0 Å². The normalized spacial score (nSPS) is 16.8. The molecule has 2 rings (SSSR count). The van der Waals surface area contributed by atoms with Crippen molar-refractivity contribution < 1.29 is 42.5 Å². The molecule has 0 N–H and O–H groups in total. The summed E-state index contributed by atoms with van der Waals surface area (Å²) >= 11 is 0. The van der Waals surface area contributed by atoms with Crippen molar-refractivity contribution in [2.75, 3.05) is 17.2 Å². The van der Waals surface area contributed by atoms with E-state index in [0.29, 0.717) is 6.54 Å². The number of anilines is 1. The van der Waals surface area contributed by atoms with E-state index in [1.807, 2.05) is 17.0 Å². The van der Waals surface area contributed by atoms with Gasteiger partial charge in [-0.1, -0.05) is 26.5 Å². The number of allylic oxidation sites excluding steroid dienone is 1. The molecule has 104 valence electrons. The molecule has 0 spiro atoms. The van der Waals surface area contributed by atoms with Crippen LogP contribution in [0.3, 0.4) is 0 Å². The summed E-state index contributed by atoms with van der Waals surface area (Å²) in [6.45, 7) is 8.63. The second-order valence-corrected chi connectivity index (χ2v) is 6.74. The number of hydrogen-bond acceptors (Lipinski definition) is 5. The zero-order chi connectivity index (χ0) is 14.3. The molecule has 0 radical (unpaired) electrons. The third-order valence-corrected chi connectivity index (χ3v) is 4.33. The van der Waals surface area contributed by atoms with E-state index in [2.05, 4.69) is 25.4 Å². The van der Waals surface area contributed by atoms with Crippen LogP contribution in [0.2, 0.25) is 0 Å². The van der Waals surface area contributed by atoms with Gasteiger partial charge in [-0.25, -0.2) is 13.4 Å². The Labute approximate surface area is 142 Å². The van der Waals surface area contributed by atoms with E-state index in [1.165, 1.54) is 0 Å². The molecule has 0 atom stereocenters. The van der Waals surface area contributed by atoms with E-state index in [0.717, 1.165) is 17.1 Å². The first kappa shape index (κ1) is 17.7. The Morgan fingerprint density at radius 2 is 2.10 bits per heavy atom. The van der Waals surface area contributed by atoms with Crippen LogP contribution in [0.1, 0.15) is 25.8 Å². The topological polar surface area (TPSA) is 73.3 Å². The van der Waals surface area contributed by atoms with Crippen molar-refractivity contribution in [3.8, 4) is 0 Å². The van der Waals surface area contributed by atoms with Crippen LogP contribution in [0.4, 0.5) is 5.82 Å². The van der Waals surface area contributed by atoms with Gasteiger partial charge >= 0.3 is 29.6 Å². The molecule has 0 unspecified atom stereocenters. The van der Waals surface area contributed by atoms with Crippen LogP contribution in [-0.2, 0) is 15.5 Å². The number of nitrogens with zero attached hydrogens (tertiary/aromatic N) is 2. The van der Waals surface area contributed by atoms with E-state index in [-0.39, 0.29) is 47.1 Å². The minimum Gasteiger partial charge on any atom is -0.748 e. The summed E-state index contributed by atoms with van der Waals surface area (Å²) in [6.07, 6.45) is 1.97. The molecule has 0 bridgehead atoms. The van der Waals surface area contributed by atoms with Crippen LogP contribution in [0.15, 0.2) is 30.6 Å². The number of rotatable bonds is 4. The smallest absolute Gasteiger partial charge is 0.748 e. The summed E-state index contributed by atoms with van der Waals surface area (Å²) in [5.74, 6) is 0.445. The third kappa shape index (κ3) is 3.43. The van der Waals surface area contributed by atoms with Crippen molar-refractivity contribution in [3.63, 3.8) is 0 Å². The molecule has 1 aliphatic rings. The number of aromatic nitrogens is 1. The van der Waals surface area contributed by atoms with Crippen molar-refractivity contribution in [2.45, 2.75) is 25.7 Å². The van der Waals surface area contributed by atoms with Gasteiger partial charge in [0.2, 0.25) is 0 Å². The molecule has 0 aliphatic carbocycles. The fourth-order valence-corrected chi connectivity index (χ4v) is 2.84.